The lowest BCUT2D eigenvalue weighted by atomic mass is 10.1. The molecule has 0 saturated carbocycles. The predicted octanol–water partition coefficient (Wildman–Crippen LogP) is 3.00. The van der Waals surface area contributed by atoms with Crippen LogP contribution in [0.3, 0.4) is 0 Å². The van der Waals surface area contributed by atoms with E-state index in [1.54, 1.807) is 14.5 Å². The summed E-state index contributed by atoms with van der Waals surface area (Å²) in [4.78, 5) is 20.1. The van der Waals surface area contributed by atoms with Crippen molar-refractivity contribution in [3.05, 3.63) is 39.8 Å². The van der Waals surface area contributed by atoms with Gasteiger partial charge in [0.15, 0.2) is 0 Å². The number of aromatic nitrogens is 3. The second-order valence-electron chi connectivity index (χ2n) is 6.84. The number of carbonyl (C=O) groups is 1. The second-order valence-corrected chi connectivity index (χ2v) is 7.25. The van der Waals surface area contributed by atoms with Crippen LogP contribution in [-0.2, 0) is 24.4 Å². The van der Waals surface area contributed by atoms with Crippen LogP contribution >= 0.6 is 11.6 Å². The molecule has 0 aliphatic carbocycles. The molecular weight excluding hydrogens is 395 g/mol. The third-order valence-corrected chi connectivity index (χ3v) is 5.35. The Kier molecular flexibility index (Phi) is 5.56. The van der Waals surface area contributed by atoms with E-state index >= 15 is 0 Å². The zero-order valence-corrected chi connectivity index (χ0v) is 16.6. The molecule has 1 aliphatic rings. The Morgan fingerprint density at radius 1 is 1.21 bits per heavy atom. The third kappa shape index (κ3) is 4.09. The number of alkyl halides is 3. The monoisotopic (exact) mass is 415 g/mol. The average Bonchev–Trinajstić information content (AvgIpc) is 2.87. The number of piperazine rings is 1. The fourth-order valence-corrected chi connectivity index (χ4v) is 3.61. The van der Waals surface area contributed by atoms with E-state index in [9.17, 15) is 18.0 Å². The van der Waals surface area contributed by atoms with Gasteiger partial charge in [0.05, 0.1) is 22.7 Å². The first-order valence-electron chi connectivity index (χ1n) is 8.82. The maximum atomic E-state index is 12.8. The lowest BCUT2D eigenvalue weighted by molar-refractivity contribution is -0.137. The number of pyridine rings is 1. The van der Waals surface area contributed by atoms with Gasteiger partial charge in [0, 0.05) is 50.7 Å². The molecule has 1 amide bonds. The molecule has 0 bridgehead atoms. The summed E-state index contributed by atoms with van der Waals surface area (Å²) in [6.45, 7) is 5.63. The summed E-state index contributed by atoms with van der Waals surface area (Å²) in [7, 11) is 1.84. The van der Waals surface area contributed by atoms with Crippen molar-refractivity contribution >= 4 is 23.3 Å². The van der Waals surface area contributed by atoms with E-state index in [0.29, 0.717) is 32.0 Å². The molecule has 0 aromatic carbocycles. The van der Waals surface area contributed by atoms with E-state index in [0.717, 1.165) is 29.2 Å². The van der Waals surface area contributed by atoms with E-state index in [-0.39, 0.29) is 17.4 Å². The minimum absolute atomic E-state index is 0.00493. The number of hydrogen-bond acceptors (Lipinski definition) is 4. The van der Waals surface area contributed by atoms with Crippen LogP contribution in [-0.4, -0.2) is 51.8 Å². The van der Waals surface area contributed by atoms with E-state index in [1.165, 1.54) is 0 Å². The van der Waals surface area contributed by atoms with Crippen LogP contribution in [0, 0.1) is 13.8 Å². The van der Waals surface area contributed by atoms with Crippen molar-refractivity contribution in [2.75, 3.05) is 31.1 Å². The highest BCUT2D eigenvalue weighted by molar-refractivity contribution is 6.33. The highest BCUT2D eigenvalue weighted by Crippen LogP contribution is 2.33. The van der Waals surface area contributed by atoms with Crippen molar-refractivity contribution in [1.29, 1.82) is 0 Å². The van der Waals surface area contributed by atoms with Crippen molar-refractivity contribution < 1.29 is 18.0 Å². The molecule has 3 heterocycles. The number of halogens is 4. The topological polar surface area (TPSA) is 54.3 Å². The number of nitrogens with zero attached hydrogens (tertiary/aromatic N) is 5. The van der Waals surface area contributed by atoms with Gasteiger partial charge in [-0.05, 0) is 19.9 Å². The molecule has 0 atom stereocenters. The van der Waals surface area contributed by atoms with Crippen molar-refractivity contribution in [2.24, 2.45) is 7.05 Å². The molecule has 2 aromatic rings. The standard InChI is InChI=1S/C18H21ClF3N5O/c1-11-14(12(2)25(3)24-11)9-16(28)26-4-6-27(7-5-26)17-15(19)8-13(10-23-17)18(20,21)22/h8,10H,4-7,9H2,1-3H3. The Labute approximate surface area is 165 Å². The Morgan fingerprint density at radius 3 is 2.36 bits per heavy atom. The minimum atomic E-state index is -4.48. The first-order valence-corrected chi connectivity index (χ1v) is 9.20. The first-order chi connectivity index (χ1) is 13.1. The van der Waals surface area contributed by atoms with Gasteiger partial charge in [-0.15, -0.1) is 0 Å². The number of anilines is 1. The molecule has 2 aromatic heterocycles. The largest absolute Gasteiger partial charge is 0.417 e. The van der Waals surface area contributed by atoms with Gasteiger partial charge < -0.3 is 9.80 Å². The number of aryl methyl sites for hydroxylation is 2. The van der Waals surface area contributed by atoms with Gasteiger partial charge in [0.25, 0.3) is 0 Å². The van der Waals surface area contributed by atoms with E-state index in [2.05, 4.69) is 10.1 Å². The molecule has 10 heteroatoms. The summed E-state index contributed by atoms with van der Waals surface area (Å²) >= 11 is 6.02. The fourth-order valence-electron chi connectivity index (χ4n) is 3.32. The van der Waals surface area contributed by atoms with Crippen LogP contribution < -0.4 is 4.90 Å². The number of carbonyl (C=O) groups excluding carboxylic acids is 1. The summed E-state index contributed by atoms with van der Waals surface area (Å²) in [5.41, 5.74) is 1.86. The van der Waals surface area contributed by atoms with Gasteiger partial charge in [0.1, 0.15) is 5.82 Å². The molecule has 0 radical (unpaired) electrons. The number of amides is 1. The van der Waals surface area contributed by atoms with Crippen LogP contribution in [0.25, 0.3) is 0 Å². The quantitative estimate of drug-likeness (QED) is 0.773. The molecule has 0 N–H and O–H groups in total. The van der Waals surface area contributed by atoms with Gasteiger partial charge in [-0.1, -0.05) is 11.6 Å². The lowest BCUT2D eigenvalue weighted by Crippen LogP contribution is -2.49. The van der Waals surface area contributed by atoms with Gasteiger partial charge >= 0.3 is 6.18 Å². The molecule has 1 saturated heterocycles. The highest BCUT2D eigenvalue weighted by atomic mass is 35.5. The summed E-state index contributed by atoms with van der Waals surface area (Å²) in [5.74, 6) is 0.311. The number of rotatable bonds is 3. The van der Waals surface area contributed by atoms with E-state index in [4.69, 9.17) is 11.6 Å². The van der Waals surface area contributed by atoms with Gasteiger partial charge in [-0.2, -0.15) is 18.3 Å². The normalized spacial score (nSPS) is 15.2. The van der Waals surface area contributed by atoms with Crippen LogP contribution in [0.2, 0.25) is 5.02 Å². The SMILES string of the molecule is Cc1nn(C)c(C)c1CC(=O)N1CCN(c2ncc(C(F)(F)F)cc2Cl)CC1. The van der Waals surface area contributed by atoms with Gasteiger partial charge in [-0.25, -0.2) is 4.98 Å². The molecule has 6 nitrogen and oxygen atoms in total. The Balaban J connectivity index is 1.63. The second kappa shape index (κ2) is 7.62. The zero-order chi connectivity index (χ0) is 20.6. The molecule has 1 fully saturated rings. The maximum absolute atomic E-state index is 12.8. The van der Waals surface area contributed by atoms with Crippen LogP contribution in [0.4, 0.5) is 19.0 Å². The summed E-state index contributed by atoms with van der Waals surface area (Å²) in [6, 6.07) is 0.884. The van der Waals surface area contributed by atoms with Crippen LogP contribution in [0.1, 0.15) is 22.5 Å². The lowest BCUT2D eigenvalue weighted by Gasteiger charge is -2.36. The van der Waals surface area contributed by atoms with Crippen molar-refractivity contribution in [1.82, 2.24) is 19.7 Å². The summed E-state index contributed by atoms with van der Waals surface area (Å²) in [6.07, 6.45) is -3.42. The van der Waals surface area contributed by atoms with E-state index < -0.39 is 11.7 Å². The molecule has 3 rings (SSSR count). The smallest absolute Gasteiger partial charge is 0.352 e. The van der Waals surface area contributed by atoms with Crippen molar-refractivity contribution in [3.63, 3.8) is 0 Å². The fraction of sp³-hybridized carbons (Fsp3) is 0.500. The van der Waals surface area contributed by atoms with Crippen LogP contribution in [0.15, 0.2) is 12.3 Å². The van der Waals surface area contributed by atoms with Gasteiger partial charge in [-0.3, -0.25) is 9.48 Å². The molecule has 0 spiro atoms. The molecule has 152 valence electrons. The first kappa shape index (κ1) is 20.4. The zero-order valence-electron chi connectivity index (χ0n) is 15.8. The van der Waals surface area contributed by atoms with Crippen LogP contribution in [0.5, 0.6) is 0 Å². The average molecular weight is 416 g/mol. The highest BCUT2D eigenvalue weighted by Gasteiger charge is 2.32. The van der Waals surface area contributed by atoms with Crippen molar-refractivity contribution in [2.45, 2.75) is 26.4 Å². The van der Waals surface area contributed by atoms with E-state index in [1.807, 2.05) is 20.9 Å². The van der Waals surface area contributed by atoms with Crippen molar-refractivity contribution in [3.8, 4) is 0 Å². The third-order valence-electron chi connectivity index (χ3n) is 5.07. The molecule has 28 heavy (non-hydrogen) atoms. The molecular formula is C18H21ClF3N5O. The molecule has 1 aliphatic heterocycles. The maximum Gasteiger partial charge on any atom is 0.417 e. The Bertz CT molecular complexity index is 888. The predicted molar refractivity (Wildman–Crippen MR) is 99.4 cm³/mol. The summed E-state index contributed by atoms with van der Waals surface area (Å²) in [5, 5.41) is 4.28. The Hall–Kier alpha value is -2.29. The van der Waals surface area contributed by atoms with Gasteiger partial charge in [0.2, 0.25) is 5.91 Å². The Morgan fingerprint density at radius 2 is 1.86 bits per heavy atom. The summed E-state index contributed by atoms with van der Waals surface area (Å²) < 4.78 is 40.0. The number of hydrogen-bond donors (Lipinski definition) is 0. The molecule has 0 unspecified atom stereocenters. The minimum Gasteiger partial charge on any atom is -0.352 e.